The molecule has 7 unspecified atom stereocenters. The summed E-state index contributed by atoms with van der Waals surface area (Å²) in [6.45, 7) is 27.2. The van der Waals surface area contributed by atoms with Crippen LogP contribution in [-0.2, 0) is 4.79 Å². The summed E-state index contributed by atoms with van der Waals surface area (Å²) in [6, 6.07) is 0. The zero-order chi connectivity index (χ0) is 23.9. The second kappa shape index (κ2) is 7.55. The fraction of sp³-hybridized carbons (Fsp3) is 0.700. The van der Waals surface area contributed by atoms with Gasteiger partial charge in [-0.1, -0.05) is 65.3 Å². The SMILES string of the molecule is C=C1C2=C(C)C3(C)C(=C)C(C(C)=O)=C(C)C(C(C)C)C3CC2C(C)(C)C2CCCC(O)C12. The lowest BCUT2D eigenvalue weighted by Crippen LogP contribution is -2.55. The van der Waals surface area contributed by atoms with Crippen molar-refractivity contribution in [3.63, 3.8) is 0 Å². The normalized spacial score (nSPS) is 41.4. The van der Waals surface area contributed by atoms with Gasteiger partial charge < -0.3 is 5.11 Å². The van der Waals surface area contributed by atoms with E-state index in [0.29, 0.717) is 29.6 Å². The van der Waals surface area contributed by atoms with E-state index in [2.05, 4.69) is 61.6 Å². The third-order valence-electron chi connectivity index (χ3n) is 10.6. The summed E-state index contributed by atoms with van der Waals surface area (Å²) in [5, 5.41) is 11.0. The number of carbonyl (C=O) groups excluding carboxylic acids is 1. The van der Waals surface area contributed by atoms with Crippen molar-refractivity contribution in [2.45, 2.75) is 87.2 Å². The molecule has 0 saturated heterocycles. The summed E-state index contributed by atoms with van der Waals surface area (Å²) in [6.07, 6.45) is 4.00. The third kappa shape index (κ3) is 2.90. The molecular weight excluding hydrogens is 392 g/mol. The molecule has 4 aliphatic carbocycles. The van der Waals surface area contributed by atoms with Crippen molar-refractivity contribution in [3.05, 3.63) is 46.6 Å². The molecule has 4 rings (SSSR count). The van der Waals surface area contributed by atoms with Gasteiger partial charge >= 0.3 is 0 Å². The highest BCUT2D eigenvalue weighted by Crippen LogP contribution is 2.68. The van der Waals surface area contributed by atoms with Gasteiger partial charge in [0.25, 0.3) is 0 Å². The number of hydrogen-bond acceptors (Lipinski definition) is 2. The van der Waals surface area contributed by atoms with E-state index < -0.39 is 0 Å². The molecule has 0 amide bonds. The Kier molecular flexibility index (Phi) is 5.60. The number of rotatable bonds is 2. The molecule has 4 aliphatic rings. The van der Waals surface area contributed by atoms with Crippen molar-refractivity contribution in [2.75, 3.05) is 0 Å². The summed E-state index contributed by atoms with van der Waals surface area (Å²) in [4.78, 5) is 12.8. The number of ketones is 1. The van der Waals surface area contributed by atoms with Gasteiger partial charge in [-0.3, -0.25) is 4.79 Å². The molecule has 0 aromatic carbocycles. The fourth-order valence-electron chi connectivity index (χ4n) is 8.87. The van der Waals surface area contributed by atoms with E-state index in [-0.39, 0.29) is 28.6 Å². The van der Waals surface area contributed by atoms with Gasteiger partial charge in [0.1, 0.15) is 0 Å². The maximum absolute atomic E-state index is 12.8. The number of allylic oxidation sites excluding steroid dienone is 5. The topological polar surface area (TPSA) is 37.3 Å². The van der Waals surface area contributed by atoms with Crippen LogP contribution in [0.1, 0.15) is 81.1 Å². The molecule has 1 N–H and O–H groups in total. The van der Waals surface area contributed by atoms with Gasteiger partial charge in [0.15, 0.2) is 5.78 Å². The first-order chi connectivity index (χ1) is 14.8. The van der Waals surface area contributed by atoms with Gasteiger partial charge in [-0.25, -0.2) is 0 Å². The molecule has 176 valence electrons. The number of aliphatic hydroxyl groups excluding tert-OH is 1. The van der Waals surface area contributed by atoms with Crippen LogP contribution in [0.3, 0.4) is 0 Å². The number of hydrogen-bond donors (Lipinski definition) is 1. The van der Waals surface area contributed by atoms with Crippen LogP contribution in [0.2, 0.25) is 0 Å². The van der Waals surface area contributed by atoms with Crippen molar-refractivity contribution in [2.24, 2.45) is 46.3 Å². The van der Waals surface area contributed by atoms with Crippen LogP contribution in [0, 0.1) is 46.3 Å². The molecule has 7 atom stereocenters. The lowest BCUT2D eigenvalue weighted by atomic mass is 9.42. The zero-order valence-electron chi connectivity index (χ0n) is 21.6. The van der Waals surface area contributed by atoms with Gasteiger partial charge in [-0.15, -0.1) is 0 Å². The van der Waals surface area contributed by atoms with Crippen LogP contribution in [-0.4, -0.2) is 17.0 Å². The Morgan fingerprint density at radius 1 is 1.09 bits per heavy atom. The average Bonchev–Trinajstić information content (AvgIpc) is 2.68. The van der Waals surface area contributed by atoms with Crippen molar-refractivity contribution in [1.82, 2.24) is 0 Å². The summed E-state index contributed by atoms with van der Waals surface area (Å²) in [7, 11) is 0. The van der Waals surface area contributed by atoms with Gasteiger partial charge in [0.05, 0.1) is 6.10 Å². The highest BCUT2D eigenvalue weighted by molar-refractivity contribution is 5.99. The van der Waals surface area contributed by atoms with Crippen molar-refractivity contribution >= 4 is 5.78 Å². The van der Waals surface area contributed by atoms with Gasteiger partial charge in [-0.2, -0.15) is 0 Å². The monoisotopic (exact) mass is 436 g/mol. The molecule has 2 fully saturated rings. The first kappa shape index (κ1) is 23.7. The second-order valence-corrected chi connectivity index (χ2v) is 12.5. The highest BCUT2D eigenvalue weighted by Gasteiger charge is 2.60. The second-order valence-electron chi connectivity index (χ2n) is 12.5. The van der Waals surface area contributed by atoms with Crippen molar-refractivity contribution in [3.8, 4) is 0 Å². The summed E-state index contributed by atoms with van der Waals surface area (Å²) >= 11 is 0. The van der Waals surface area contributed by atoms with E-state index in [9.17, 15) is 9.90 Å². The van der Waals surface area contributed by atoms with Crippen LogP contribution in [0.4, 0.5) is 0 Å². The van der Waals surface area contributed by atoms with Gasteiger partial charge in [0, 0.05) is 16.9 Å². The quantitative estimate of drug-likeness (QED) is 0.503. The Bertz CT molecular complexity index is 942. The van der Waals surface area contributed by atoms with Crippen LogP contribution < -0.4 is 0 Å². The van der Waals surface area contributed by atoms with Crippen LogP contribution >= 0.6 is 0 Å². The molecule has 32 heavy (non-hydrogen) atoms. The minimum atomic E-state index is -0.291. The Hall–Kier alpha value is -1.41. The summed E-state index contributed by atoms with van der Waals surface area (Å²) in [5.74, 6) is 2.50. The molecule has 0 heterocycles. The number of carbonyl (C=O) groups is 1. The molecule has 2 saturated carbocycles. The number of Topliss-reactive ketones (excluding diaryl/α,β-unsaturated/α-hetero) is 1. The summed E-state index contributed by atoms with van der Waals surface area (Å²) in [5.41, 5.74) is 6.92. The van der Waals surface area contributed by atoms with Crippen molar-refractivity contribution < 1.29 is 9.90 Å². The molecule has 0 aromatic rings. The number of aliphatic hydroxyl groups is 1. The Balaban J connectivity index is 1.97. The van der Waals surface area contributed by atoms with E-state index in [1.54, 1.807) is 6.92 Å². The third-order valence-corrected chi connectivity index (χ3v) is 10.6. The van der Waals surface area contributed by atoms with E-state index in [1.165, 1.54) is 28.7 Å². The first-order valence-electron chi connectivity index (χ1n) is 12.8. The van der Waals surface area contributed by atoms with Crippen molar-refractivity contribution in [1.29, 1.82) is 0 Å². The highest BCUT2D eigenvalue weighted by atomic mass is 16.3. The maximum Gasteiger partial charge on any atom is 0.160 e. The number of fused-ring (bicyclic) bond motifs is 3. The predicted octanol–water partition coefficient (Wildman–Crippen LogP) is 7.07. The Morgan fingerprint density at radius 3 is 2.28 bits per heavy atom. The average molecular weight is 437 g/mol. The molecule has 0 radical (unpaired) electrons. The largest absolute Gasteiger partial charge is 0.392 e. The predicted molar refractivity (Wildman–Crippen MR) is 133 cm³/mol. The molecule has 0 bridgehead atoms. The maximum atomic E-state index is 12.8. The molecule has 0 aliphatic heterocycles. The fourth-order valence-corrected chi connectivity index (χ4v) is 8.87. The van der Waals surface area contributed by atoms with E-state index in [0.717, 1.165) is 30.4 Å². The Labute approximate surface area is 195 Å². The minimum absolute atomic E-state index is 0.118. The smallest absolute Gasteiger partial charge is 0.160 e. The van der Waals surface area contributed by atoms with E-state index >= 15 is 0 Å². The summed E-state index contributed by atoms with van der Waals surface area (Å²) < 4.78 is 0. The molecule has 0 aromatic heterocycles. The first-order valence-corrected chi connectivity index (χ1v) is 12.8. The Morgan fingerprint density at radius 2 is 1.72 bits per heavy atom. The molecule has 2 heteroatoms. The van der Waals surface area contributed by atoms with Gasteiger partial charge in [0.2, 0.25) is 0 Å². The molecular formula is C30H44O2. The standard InChI is InChI=1S/C30H44O2/c1-15(2)25-16(3)26(20(7)31)18(5)30(10)19(6)27-17(4)28-21(12-11-13-24(28)32)29(8,9)22(27)14-23(25)30/h15,21-25,28,32H,4-5,11-14H2,1-3,6-10H3. The van der Waals surface area contributed by atoms with Crippen LogP contribution in [0.5, 0.6) is 0 Å². The lowest BCUT2D eigenvalue weighted by Gasteiger charge is -2.62. The van der Waals surface area contributed by atoms with Crippen LogP contribution in [0.25, 0.3) is 0 Å². The molecule has 2 nitrogen and oxygen atoms in total. The van der Waals surface area contributed by atoms with E-state index in [4.69, 9.17) is 0 Å². The van der Waals surface area contributed by atoms with E-state index in [1.807, 2.05) is 0 Å². The zero-order valence-corrected chi connectivity index (χ0v) is 21.6. The lowest BCUT2D eigenvalue weighted by molar-refractivity contribution is -0.113. The van der Waals surface area contributed by atoms with Gasteiger partial charge in [-0.05, 0) is 91.8 Å². The molecule has 0 spiro atoms. The van der Waals surface area contributed by atoms with Crippen LogP contribution in [0.15, 0.2) is 46.6 Å². The minimum Gasteiger partial charge on any atom is -0.392 e.